The Morgan fingerprint density at radius 3 is 2.54 bits per heavy atom. The first-order chi connectivity index (χ1) is 12.1. The van der Waals surface area contributed by atoms with Gasteiger partial charge < -0.3 is 15.1 Å². The van der Waals surface area contributed by atoms with E-state index < -0.39 is 0 Å². The molecule has 3 rings (SSSR count). The van der Waals surface area contributed by atoms with E-state index in [1.54, 1.807) is 19.0 Å². The summed E-state index contributed by atoms with van der Waals surface area (Å²) in [6.45, 7) is 1.69. The van der Waals surface area contributed by atoms with Crippen LogP contribution in [0, 0.1) is 0 Å². The number of guanidine groups is 1. The highest BCUT2D eigenvalue weighted by Gasteiger charge is 2.23. The monoisotopic (exact) mass is 464 g/mol. The van der Waals surface area contributed by atoms with Gasteiger partial charge in [0.15, 0.2) is 5.96 Å². The van der Waals surface area contributed by atoms with Crippen LogP contribution >= 0.6 is 24.0 Å². The highest BCUT2D eigenvalue weighted by Crippen LogP contribution is 2.27. The highest BCUT2D eigenvalue weighted by molar-refractivity contribution is 14.0. The molecule has 1 amide bonds. The van der Waals surface area contributed by atoms with Crippen molar-refractivity contribution in [1.82, 2.24) is 10.2 Å². The average Bonchev–Trinajstić information content (AvgIpc) is 3.06. The number of para-hydroxylation sites is 1. The molecule has 1 aliphatic rings. The third-order valence-electron chi connectivity index (χ3n) is 4.29. The maximum atomic E-state index is 12.0. The van der Waals surface area contributed by atoms with Crippen LogP contribution in [0.25, 0.3) is 0 Å². The lowest BCUT2D eigenvalue weighted by molar-refractivity contribution is -0.127. The van der Waals surface area contributed by atoms with E-state index in [1.165, 1.54) is 11.3 Å². The number of carbonyl (C=O) groups excluding carboxylic acids is 1. The van der Waals surface area contributed by atoms with Crippen LogP contribution in [0.5, 0.6) is 0 Å². The minimum Gasteiger partial charge on any atom is -0.347 e. The van der Waals surface area contributed by atoms with Crippen molar-refractivity contribution in [2.45, 2.75) is 13.0 Å². The molecule has 0 bridgehead atoms. The van der Waals surface area contributed by atoms with Crippen molar-refractivity contribution < 1.29 is 4.79 Å². The molecule has 0 aliphatic carbocycles. The second-order valence-electron chi connectivity index (χ2n) is 6.30. The van der Waals surface area contributed by atoms with Gasteiger partial charge in [-0.2, -0.15) is 0 Å². The number of aliphatic imine (C=N–C) groups is 1. The Bertz CT molecular complexity index is 761. The SMILES string of the molecule is CN(C)C(=O)CNC(=NCc1ccccc1)N1CCc2ccccc21.I. The van der Waals surface area contributed by atoms with Crippen molar-refractivity contribution in [3.63, 3.8) is 0 Å². The molecule has 1 aliphatic heterocycles. The van der Waals surface area contributed by atoms with Crippen LogP contribution in [0.1, 0.15) is 11.1 Å². The number of nitrogens with zero attached hydrogens (tertiary/aromatic N) is 3. The Morgan fingerprint density at radius 2 is 1.81 bits per heavy atom. The van der Waals surface area contributed by atoms with Crippen molar-refractivity contribution in [2.24, 2.45) is 4.99 Å². The molecule has 0 radical (unpaired) electrons. The van der Waals surface area contributed by atoms with E-state index in [0.717, 1.165) is 24.5 Å². The van der Waals surface area contributed by atoms with Crippen LogP contribution in [0.4, 0.5) is 5.69 Å². The summed E-state index contributed by atoms with van der Waals surface area (Å²) in [4.78, 5) is 20.5. The van der Waals surface area contributed by atoms with Gasteiger partial charge >= 0.3 is 0 Å². The predicted molar refractivity (Wildman–Crippen MR) is 117 cm³/mol. The summed E-state index contributed by atoms with van der Waals surface area (Å²) in [6, 6.07) is 18.5. The summed E-state index contributed by atoms with van der Waals surface area (Å²) in [5.41, 5.74) is 3.63. The van der Waals surface area contributed by atoms with E-state index in [-0.39, 0.29) is 36.4 Å². The largest absolute Gasteiger partial charge is 0.347 e. The fourth-order valence-corrected chi connectivity index (χ4v) is 2.86. The highest BCUT2D eigenvalue weighted by atomic mass is 127. The number of anilines is 1. The summed E-state index contributed by atoms with van der Waals surface area (Å²) >= 11 is 0. The van der Waals surface area contributed by atoms with Crippen LogP contribution in [-0.4, -0.2) is 44.0 Å². The Labute approximate surface area is 172 Å². The molecule has 26 heavy (non-hydrogen) atoms. The van der Waals surface area contributed by atoms with Gasteiger partial charge in [0.05, 0.1) is 13.1 Å². The van der Waals surface area contributed by atoms with Gasteiger partial charge in [-0.3, -0.25) is 4.79 Å². The Hall–Kier alpha value is -2.09. The molecule has 0 atom stereocenters. The number of rotatable bonds is 4. The van der Waals surface area contributed by atoms with Gasteiger partial charge in [-0.25, -0.2) is 4.99 Å². The first kappa shape index (κ1) is 20.2. The average molecular weight is 464 g/mol. The molecular formula is C20H25IN4O. The standard InChI is InChI=1S/C20H24N4O.HI/c1-23(2)19(25)15-22-20(21-14-16-8-4-3-5-9-16)24-13-12-17-10-6-7-11-18(17)24;/h3-11H,12-15H2,1-2H3,(H,21,22);1H. The quantitative estimate of drug-likeness (QED) is 0.430. The molecule has 0 saturated heterocycles. The number of hydrogen-bond acceptors (Lipinski definition) is 2. The van der Waals surface area contributed by atoms with Gasteiger partial charge in [0.25, 0.3) is 0 Å². The Morgan fingerprint density at radius 1 is 1.12 bits per heavy atom. The van der Waals surface area contributed by atoms with Crippen LogP contribution < -0.4 is 10.2 Å². The predicted octanol–water partition coefficient (Wildman–Crippen LogP) is 2.90. The van der Waals surface area contributed by atoms with Gasteiger partial charge in [0.2, 0.25) is 5.91 Å². The molecular weight excluding hydrogens is 439 g/mol. The molecule has 0 spiro atoms. The van der Waals surface area contributed by atoms with Crippen LogP contribution in [0.2, 0.25) is 0 Å². The second kappa shape index (κ2) is 9.56. The molecule has 0 unspecified atom stereocenters. The first-order valence-corrected chi connectivity index (χ1v) is 8.53. The molecule has 138 valence electrons. The molecule has 5 nitrogen and oxygen atoms in total. The maximum absolute atomic E-state index is 12.0. The van der Waals surface area contributed by atoms with Crippen molar-refractivity contribution in [3.8, 4) is 0 Å². The number of benzene rings is 2. The number of nitrogens with one attached hydrogen (secondary N) is 1. The number of carbonyl (C=O) groups is 1. The maximum Gasteiger partial charge on any atom is 0.241 e. The summed E-state index contributed by atoms with van der Waals surface area (Å²) in [6.07, 6.45) is 0.990. The second-order valence-corrected chi connectivity index (χ2v) is 6.30. The lowest BCUT2D eigenvalue weighted by Gasteiger charge is -2.23. The fourth-order valence-electron chi connectivity index (χ4n) is 2.86. The van der Waals surface area contributed by atoms with E-state index >= 15 is 0 Å². The number of halogens is 1. The van der Waals surface area contributed by atoms with Crippen molar-refractivity contribution in [2.75, 3.05) is 32.1 Å². The van der Waals surface area contributed by atoms with Crippen molar-refractivity contribution in [3.05, 3.63) is 65.7 Å². The molecule has 2 aromatic rings. The molecule has 0 fully saturated rings. The van der Waals surface area contributed by atoms with E-state index in [4.69, 9.17) is 4.99 Å². The van der Waals surface area contributed by atoms with Gasteiger partial charge in [-0.1, -0.05) is 48.5 Å². The molecule has 0 aromatic heterocycles. The van der Waals surface area contributed by atoms with Crippen molar-refractivity contribution in [1.29, 1.82) is 0 Å². The summed E-state index contributed by atoms with van der Waals surface area (Å²) in [5.74, 6) is 0.781. The molecule has 6 heteroatoms. The zero-order chi connectivity index (χ0) is 17.6. The van der Waals surface area contributed by atoms with Crippen molar-refractivity contribution >= 4 is 41.5 Å². The fraction of sp³-hybridized carbons (Fsp3) is 0.300. The zero-order valence-electron chi connectivity index (χ0n) is 15.2. The number of amides is 1. The van der Waals surface area contributed by atoms with E-state index in [2.05, 4.69) is 40.5 Å². The minimum absolute atomic E-state index is 0. The van der Waals surface area contributed by atoms with Gasteiger partial charge in [-0.15, -0.1) is 24.0 Å². The number of hydrogen-bond donors (Lipinski definition) is 1. The van der Waals surface area contributed by atoms with Crippen LogP contribution in [0.3, 0.4) is 0 Å². The van der Waals surface area contributed by atoms with Crippen LogP contribution in [-0.2, 0) is 17.8 Å². The lowest BCUT2D eigenvalue weighted by Crippen LogP contribution is -2.45. The molecule has 1 heterocycles. The summed E-state index contributed by atoms with van der Waals surface area (Å²) in [5, 5.41) is 3.24. The topological polar surface area (TPSA) is 47.9 Å². The smallest absolute Gasteiger partial charge is 0.241 e. The number of likely N-dealkylation sites (N-methyl/N-ethyl adjacent to an activating group) is 1. The van der Waals surface area contributed by atoms with E-state index in [9.17, 15) is 4.79 Å². The zero-order valence-corrected chi connectivity index (χ0v) is 17.5. The Kier molecular flexibility index (Phi) is 7.44. The number of fused-ring (bicyclic) bond motifs is 1. The lowest BCUT2D eigenvalue weighted by atomic mass is 10.2. The van der Waals surface area contributed by atoms with E-state index in [0.29, 0.717) is 6.54 Å². The summed E-state index contributed by atoms with van der Waals surface area (Å²) < 4.78 is 0. The van der Waals surface area contributed by atoms with Crippen LogP contribution in [0.15, 0.2) is 59.6 Å². The Balaban J connectivity index is 0.00000243. The van der Waals surface area contributed by atoms with Gasteiger partial charge in [-0.05, 0) is 23.6 Å². The van der Waals surface area contributed by atoms with E-state index in [1.807, 2.05) is 24.3 Å². The summed E-state index contributed by atoms with van der Waals surface area (Å²) in [7, 11) is 3.52. The molecule has 1 N–H and O–H groups in total. The third kappa shape index (κ3) is 4.97. The van der Waals surface area contributed by atoms with Gasteiger partial charge in [0, 0.05) is 26.3 Å². The normalized spacial score (nSPS) is 13.0. The minimum atomic E-state index is 0. The molecule has 2 aromatic carbocycles. The van der Waals surface area contributed by atoms with Gasteiger partial charge in [0.1, 0.15) is 0 Å². The first-order valence-electron chi connectivity index (χ1n) is 8.53. The molecule has 0 saturated carbocycles. The third-order valence-corrected chi connectivity index (χ3v) is 4.29.